The Labute approximate surface area is 58.8 Å². The van der Waals surface area contributed by atoms with Crippen LogP contribution in [0.3, 0.4) is 0 Å². The number of esters is 1. The highest BCUT2D eigenvalue weighted by atomic mass is 35.5. The molecule has 0 fully saturated rings. The molecule has 0 aliphatic rings. The molecule has 0 saturated carbocycles. The SMILES string of the molecule is COC(=O)[C@@H](F)CN.Cl. The molecule has 0 spiro atoms. The first-order valence-corrected chi connectivity index (χ1v) is 2.14. The van der Waals surface area contributed by atoms with Crippen molar-refractivity contribution in [2.45, 2.75) is 6.17 Å². The molecule has 0 heterocycles. The first kappa shape index (κ1) is 11.4. The van der Waals surface area contributed by atoms with E-state index >= 15 is 0 Å². The summed E-state index contributed by atoms with van der Waals surface area (Å²) in [5.41, 5.74) is 4.77. The van der Waals surface area contributed by atoms with Crippen molar-refractivity contribution in [2.75, 3.05) is 13.7 Å². The molecule has 0 aromatic carbocycles. The molecule has 9 heavy (non-hydrogen) atoms. The molecular weight excluding hydrogens is 148 g/mol. The summed E-state index contributed by atoms with van der Waals surface area (Å²) in [5.74, 6) is -0.910. The second-order valence-corrected chi connectivity index (χ2v) is 1.23. The molecule has 0 rings (SSSR count). The molecule has 0 amide bonds. The zero-order valence-electron chi connectivity index (χ0n) is 4.96. The molecule has 0 unspecified atom stereocenters. The summed E-state index contributed by atoms with van der Waals surface area (Å²) < 4.78 is 15.9. The Hall–Kier alpha value is -0.350. The van der Waals surface area contributed by atoms with E-state index in [-0.39, 0.29) is 19.0 Å². The predicted octanol–water partition coefficient (Wildman–Crippen LogP) is -0.122. The number of alkyl halides is 1. The number of methoxy groups -OCH3 is 1. The fourth-order valence-electron chi connectivity index (χ4n) is 0.224. The Balaban J connectivity index is 0. The average molecular weight is 158 g/mol. The van der Waals surface area contributed by atoms with E-state index in [1.807, 2.05) is 0 Å². The first-order chi connectivity index (χ1) is 3.72. The molecule has 0 bridgehead atoms. The molecule has 0 aromatic heterocycles. The lowest BCUT2D eigenvalue weighted by atomic mass is 10.4. The van der Waals surface area contributed by atoms with Gasteiger partial charge in [-0.3, -0.25) is 0 Å². The van der Waals surface area contributed by atoms with Gasteiger partial charge in [-0.25, -0.2) is 9.18 Å². The van der Waals surface area contributed by atoms with Crippen molar-refractivity contribution in [3.8, 4) is 0 Å². The lowest BCUT2D eigenvalue weighted by Crippen LogP contribution is -2.25. The molecule has 56 valence electrons. The number of carbonyl (C=O) groups excluding carboxylic acids is 1. The second kappa shape index (κ2) is 5.78. The molecule has 3 nitrogen and oxygen atoms in total. The molecule has 0 radical (unpaired) electrons. The minimum absolute atomic E-state index is 0. The molecule has 2 N–H and O–H groups in total. The Morgan fingerprint density at radius 2 is 2.33 bits per heavy atom. The Morgan fingerprint density at radius 3 is 2.44 bits per heavy atom. The van der Waals surface area contributed by atoms with Crippen molar-refractivity contribution in [1.82, 2.24) is 0 Å². The second-order valence-electron chi connectivity index (χ2n) is 1.23. The first-order valence-electron chi connectivity index (χ1n) is 2.14. The maximum atomic E-state index is 11.9. The smallest absolute Gasteiger partial charge is 0.341 e. The Kier molecular flexibility index (Phi) is 7.35. The number of halogens is 2. The fourth-order valence-corrected chi connectivity index (χ4v) is 0.224. The molecule has 0 aliphatic heterocycles. The van der Waals surface area contributed by atoms with Crippen LogP contribution in [-0.2, 0) is 9.53 Å². The maximum Gasteiger partial charge on any atom is 0.341 e. The monoisotopic (exact) mass is 157 g/mol. The number of carbonyl (C=O) groups is 1. The van der Waals surface area contributed by atoms with Crippen LogP contribution in [0.15, 0.2) is 0 Å². The van der Waals surface area contributed by atoms with Gasteiger partial charge in [0, 0.05) is 6.54 Å². The normalized spacial score (nSPS) is 11.4. The van der Waals surface area contributed by atoms with E-state index in [9.17, 15) is 9.18 Å². The number of hydrogen-bond acceptors (Lipinski definition) is 3. The zero-order valence-corrected chi connectivity index (χ0v) is 5.78. The molecule has 5 heteroatoms. The summed E-state index contributed by atoms with van der Waals surface area (Å²) in [5, 5.41) is 0. The summed E-state index contributed by atoms with van der Waals surface area (Å²) >= 11 is 0. The van der Waals surface area contributed by atoms with E-state index < -0.39 is 12.1 Å². The van der Waals surface area contributed by atoms with Gasteiger partial charge in [0.1, 0.15) is 0 Å². The van der Waals surface area contributed by atoms with E-state index in [0.29, 0.717) is 0 Å². The van der Waals surface area contributed by atoms with Gasteiger partial charge in [0.2, 0.25) is 6.17 Å². The largest absolute Gasteiger partial charge is 0.467 e. The van der Waals surface area contributed by atoms with Gasteiger partial charge in [0.25, 0.3) is 0 Å². The zero-order chi connectivity index (χ0) is 6.57. The summed E-state index contributed by atoms with van der Waals surface area (Å²) in [6, 6.07) is 0. The van der Waals surface area contributed by atoms with E-state index in [1.165, 1.54) is 0 Å². The quantitative estimate of drug-likeness (QED) is 0.569. The summed E-state index contributed by atoms with van der Waals surface area (Å²) in [4.78, 5) is 10.1. The van der Waals surface area contributed by atoms with Crippen molar-refractivity contribution >= 4 is 18.4 Å². The van der Waals surface area contributed by atoms with E-state index in [0.717, 1.165) is 7.11 Å². The minimum atomic E-state index is -1.67. The lowest BCUT2D eigenvalue weighted by molar-refractivity contribution is -0.146. The third kappa shape index (κ3) is 4.17. The third-order valence-electron chi connectivity index (χ3n) is 0.664. The Morgan fingerprint density at radius 1 is 1.89 bits per heavy atom. The van der Waals surface area contributed by atoms with Crippen molar-refractivity contribution in [1.29, 1.82) is 0 Å². The van der Waals surface area contributed by atoms with E-state index in [4.69, 9.17) is 5.73 Å². The van der Waals surface area contributed by atoms with Gasteiger partial charge in [-0.05, 0) is 0 Å². The maximum absolute atomic E-state index is 11.9. The van der Waals surface area contributed by atoms with Crippen LogP contribution in [-0.4, -0.2) is 25.8 Å². The molecule has 0 saturated heterocycles. The molecule has 0 aliphatic carbocycles. The van der Waals surface area contributed by atoms with Gasteiger partial charge >= 0.3 is 5.97 Å². The summed E-state index contributed by atoms with van der Waals surface area (Å²) in [7, 11) is 1.12. The van der Waals surface area contributed by atoms with Crippen LogP contribution in [0.1, 0.15) is 0 Å². The van der Waals surface area contributed by atoms with E-state index in [1.54, 1.807) is 0 Å². The van der Waals surface area contributed by atoms with Gasteiger partial charge in [0.15, 0.2) is 0 Å². The molecule has 1 atom stereocenters. The highest BCUT2D eigenvalue weighted by Gasteiger charge is 2.13. The van der Waals surface area contributed by atoms with Crippen molar-refractivity contribution in [2.24, 2.45) is 5.73 Å². The Bertz CT molecular complexity index is 90.6. The number of hydrogen-bond donors (Lipinski definition) is 1. The van der Waals surface area contributed by atoms with E-state index in [2.05, 4.69) is 4.74 Å². The van der Waals surface area contributed by atoms with Crippen LogP contribution < -0.4 is 5.73 Å². The van der Waals surface area contributed by atoms with Crippen LogP contribution in [0.25, 0.3) is 0 Å². The van der Waals surface area contributed by atoms with Crippen LogP contribution in [0.4, 0.5) is 4.39 Å². The standard InChI is InChI=1S/C4H8FNO2.ClH/c1-8-4(7)3(5)2-6;/h3H,2,6H2,1H3;1H/t3-;/m0./s1. The molecular formula is C4H9ClFNO2. The van der Waals surface area contributed by atoms with Crippen LogP contribution in [0.2, 0.25) is 0 Å². The highest BCUT2D eigenvalue weighted by molar-refractivity contribution is 5.85. The van der Waals surface area contributed by atoms with Crippen molar-refractivity contribution in [3.63, 3.8) is 0 Å². The predicted molar refractivity (Wildman–Crippen MR) is 33.2 cm³/mol. The van der Waals surface area contributed by atoms with Crippen LogP contribution in [0.5, 0.6) is 0 Å². The van der Waals surface area contributed by atoms with Gasteiger partial charge in [-0.2, -0.15) is 0 Å². The summed E-state index contributed by atoms with van der Waals surface area (Å²) in [6.07, 6.45) is -1.67. The third-order valence-corrected chi connectivity index (χ3v) is 0.664. The molecule has 0 aromatic rings. The summed E-state index contributed by atoms with van der Waals surface area (Å²) in [6.45, 7) is -0.313. The minimum Gasteiger partial charge on any atom is -0.467 e. The van der Waals surface area contributed by atoms with Gasteiger partial charge in [-0.15, -0.1) is 12.4 Å². The topological polar surface area (TPSA) is 52.3 Å². The van der Waals surface area contributed by atoms with Gasteiger partial charge in [0.05, 0.1) is 7.11 Å². The van der Waals surface area contributed by atoms with Crippen LogP contribution in [0, 0.1) is 0 Å². The van der Waals surface area contributed by atoms with Gasteiger partial charge < -0.3 is 10.5 Å². The highest BCUT2D eigenvalue weighted by Crippen LogP contribution is 1.88. The number of ether oxygens (including phenoxy) is 1. The lowest BCUT2D eigenvalue weighted by Gasteiger charge is -1.99. The van der Waals surface area contributed by atoms with Crippen molar-refractivity contribution < 1.29 is 13.9 Å². The van der Waals surface area contributed by atoms with Gasteiger partial charge in [-0.1, -0.05) is 0 Å². The number of rotatable bonds is 2. The number of nitrogens with two attached hydrogens (primary N) is 1. The van der Waals surface area contributed by atoms with Crippen molar-refractivity contribution in [3.05, 3.63) is 0 Å². The average Bonchev–Trinajstić information content (AvgIpc) is 1.84. The van der Waals surface area contributed by atoms with Crippen LogP contribution >= 0.6 is 12.4 Å². The fraction of sp³-hybridized carbons (Fsp3) is 0.750.